The third-order valence-electron chi connectivity index (χ3n) is 4.68. The molecule has 0 aliphatic carbocycles. The van der Waals surface area contributed by atoms with E-state index in [0.717, 1.165) is 45.0 Å². The predicted molar refractivity (Wildman–Crippen MR) is 98.4 cm³/mol. The molecule has 1 saturated heterocycles. The van der Waals surface area contributed by atoms with Gasteiger partial charge in [0.1, 0.15) is 0 Å². The lowest BCUT2D eigenvalue weighted by Crippen LogP contribution is -2.45. The quantitative estimate of drug-likeness (QED) is 0.719. The zero-order valence-corrected chi connectivity index (χ0v) is 14.3. The van der Waals surface area contributed by atoms with Crippen molar-refractivity contribution in [3.05, 3.63) is 78.4 Å². The van der Waals surface area contributed by atoms with Crippen LogP contribution in [0.3, 0.4) is 0 Å². The molecule has 128 valence electrons. The van der Waals surface area contributed by atoms with Gasteiger partial charge < -0.3 is 0 Å². The molecule has 3 aromatic rings. The number of rotatable bonds is 5. The summed E-state index contributed by atoms with van der Waals surface area (Å²) in [5.74, 6) is 0. The van der Waals surface area contributed by atoms with Gasteiger partial charge in [-0.05, 0) is 35.4 Å². The third-order valence-corrected chi connectivity index (χ3v) is 4.68. The van der Waals surface area contributed by atoms with Gasteiger partial charge in [-0.25, -0.2) is 4.68 Å². The maximum atomic E-state index is 4.32. The number of nitrogens with zero attached hydrogens (tertiary/aromatic N) is 5. The molecule has 1 fully saturated rings. The maximum Gasteiger partial charge on any atom is 0.0648 e. The fourth-order valence-electron chi connectivity index (χ4n) is 3.33. The van der Waals surface area contributed by atoms with Crippen molar-refractivity contribution in [1.29, 1.82) is 0 Å². The molecular weight excluding hydrogens is 310 g/mol. The van der Waals surface area contributed by atoms with Crippen LogP contribution in [0.15, 0.2) is 67.3 Å². The Bertz CT molecular complexity index is 777. The van der Waals surface area contributed by atoms with Crippen LogP contribution >= 0.6 is 0 Å². The van der Waals surface area contributed by atoms with Crippen LogP contribution in [0, 0.1) is 0 Å². The summed E-state index contributed by atoms with van der Waals surface area (Å²) < 4.78 is 1.91. The Kier molecular flexibility index (Phi) is 4.86. The molecule has 0 spiro atoms. The highest BCUT2D eigenvalue weighted by molar-refractivity contribution is 5.35. The Labute approximate surface area is 148 Å². The molecule has 0 N–H and O–H groups in total. The van der Waals surface area contributed by atoms with Crippen LogP contribution in [0.1, 0.15) is 11.1 Å². The van der Waals surface area contributed by atoms with E-state index in [-0.39, 0.29) is 0 Å². The summed E-state index contributed by atoms with van der Waals surface area (Å²) in [6.45, 7) is 6.41. The van der Waals surface area contributed by atoms with Gasteiger partial charge >= 0.3 is 0 Å². The number of hydrogen-bond donors (Lipinski definition) is 0. The normalized spacial score (nSPS) is 16.2. The second-order valence-corrected chi connectivity index (χ2v) is 6.53. The van der Waals surface area contributed by atoms with E-state index in [1.54, 1.807) is 0 Å². The average Bonchev–Trinajstić information content (AvgIpc) is 3.19. The monoisotopic (exact) mass is 333 g/mol. The molecule has 4 rings (SSSR count). The molecule has 0 radical (unpaired) electrons. The minimum absolute atomic E-state index is 0.996. The highest BCUT2D eigenvalue weighted by Gasteiger charge is 2.17. The van der Waals surface area contributed by atoms with Gasteiger partial charge in [-0.2, -0.15) is 5.10 Å². The Morgan fingerprint density at radius 1 is 0.800 bits per heavy atom. The van der Waals surface area contributed by atoms with Crippen molar-refractivity contribution in [2.75, 3.05) is 26.2 Å². The summed E-state index contributed by atoms with van der Waals surface area (Å²) in [5.41, 5.74) is 3.76. The van der Waals surface area contributed by atoms with E-state index in [2.05, 4.69) is 50.2 Å². The van der Waals surface area contributed by atoms with Gasteiger partial charge in [0.2, 0.25) is 0 Å². The van der Waals surface area contributed by atoms with Crippen LogP contribution in [0.25, 0.3) is 5.69 Å². The van der Waals surface area contributed by atoms with E-state index in [0.29, 0.717) is 0 Å². The minimum atomic E-state index is 0.996. The molecule has 3 heterocycles. The SMILES string of the molecule is c1cncc(CN2CCN(Cc3cccc(-n4cccn4)c3)CC2)c1. The van der Waals surface area contributed by atoms with Gasteiger partial charge in [-0.1, -0.05) is 18.2 Å². The molecule has 1 aliphatic heterocycles. The van der Waals surface area contributed by atoms with Crippen LogP contribution in [0.5, 0.6) is 0 Å². The smallest absolute Gasteiger partial charge is 0.0648 e. The predicted octanol–water partition coefficient (Wildman–Crippen LogP) is 2.59. The van der Waals surface area contributed by atoms with Gasteiger partial charge in [0.05, 0.1) is 5.69 Å². The first-order chi connectivity index (χ1) is 12.4. The summed E-state index contributed by atoms with van der Waals surface area (Å²) in [6.07, 6.45) is 7.59. The molecular formula is C20H23N5. The van der Waals surface area contributed by atoms with E-state index >= 15 is 0 Å². The van der Waals surface area contributed by atoms with Crippen molar-refractivity contribution in [2.45, 2.75) is 13.1 Å². The molecule has 1 aromatic carbocycles. The van der Waals surface area contributed by atoms with Crippen molar-refractivity contribution in [1.82, 2.24) is 24.6 Å². The number of benzene rings is 1. The van der Waals surface area contributed by atoms with Crippen molar-refractivity contribution >= 4 is 0 Å². The molecule has 0 unspecified atom stereocenters. The molecule has 5 heteroatoms. The Morgan fingerprint density at radius 3 is 2.24 bits per heavy atom. The van der Waals surface area contributed by atoms with Gasteiger partial charge in [0.15, 0.2) is 0 Å². The summed E-state index contributed by atoms with van der Waals surface area (Å²) in [7, 11) is 0. The molecule has 5 nitrogen and oxygen atoms in total. The topological polar surface area (TPSA) is 37.2 Å². The van der Waals surface area contributed by atoms with Crippen LogP contribution in [0.4, 0.5) is 0 Å². The standard InChI is InChI=1S/C20H23N5/c1-4-18(14-20(6-1)25-9-3-8-22-25)16-23-10-12-24(13-11-23)17-19-5-2-7-21-15-19/h1-9,14-15H,10-13,16-17H2. The third kappa shape index (κ3) is 4.13. The number of aromatic nitrogens is 3. The van der Waals surface area contributed by atoms with E-state index in [1.165, 1.54) is 11.1 Å². The van der Waals surface area contributed by atoms with Crippen LogP contribution < -0.4 is 0 Å². The lowest BCUT2D eigenvalue weighted by Gasteiger charge is -2.34. The first-order valence-corrected chi connectivity index (χ1v) is 8.79. The lowest BCUT2D eigenvalue weighted by molar-refractivity contribution is 0.122. The Balaban J connectivity index is 1.32. The second kappa shape index (κ2) is 7.59. The summed E-state index contributed by atoms with van der Waals surface area (Å²) >= 11 is 0. The lowest BCUT2D eigenvalue weighted by atomic mass is 10.1. The van der Waals surface area contributed by atoms with Crippen LogP contribution in [-0.4, -0.2) is 50.7 Å². The Hall–Kier alpha value is -2.50. The Morgan fingerprint density at radius 2 is 1.56 bits per heavy atom. The van der Waals surface area contributed by atoms with E-state index in [1.807, 2.05) is 41.6 Å². The molecule has 2 aromatic heterocycles. The maximum absolute atomic E-state index is 4.32. The van der Waals surface area contributed by atoms with Gasteiger partial charge in [0, 0.05) is 64.1 Å². The number of pyridine rings is 1. The summed E-state index contributed by atoms with van der Waals surface area (Å²) in [6, 6.07) is 14.8. The van der Waals surface area contributed by atoms with Gasteiger partial charge in [-0.15, -0.1) is 0 Å². The number of piperazine rings is 1. The van der Waals surface area contributed by atoms with Gasteiger partial charge in [0.25, 0.3) is 0 Å². The van der Waals surface area contributed by atoms with Crippen molar-refractivity contribution in [3.8, 4) is 5.69 Å². The number of hydrogen-bond acceptors (Lipinski definition) is 4. The van der Waals surface area contributed by atoms with Crippen LogP contribution in [0.2, 0.25) is 0 Å². The van der Waals surface area contributed by atoms with E-state index < -0.39 is 0 Å². The summed E-state index contributed by atoms with van der Waals surface area (Å²) in [5, 5.41) is 4.32. The highest BCUT2D eigenvalue weighted by atomic mass is 15.3. The molecule has 1 aliphatic rings. The largest absolute Gasteiger partial charge is 0.297 e. The summed E-state index contributed by atoms with van der Waals surface area (Å²) in [4.78, 5) is 9.24. The molecule has 0 atom stereocenters. The average molecular weight is 333 g/mol. The van der Waals surface area contributed by atoms with E-state index in [4.69, 9.17) is 0 Å². The minimum Gasteiger partial charge on any atom is -0.297 e. The second-order valence-electron chi connectivity index (χ2n) is 6.53. The fourth-order valence-corrected chi connectivity index (χ4v) is 3.33. The van der Waals surface area contributed by atoms with Crippen molar-refractivity contribution in [3.63, 3.8) is 0 Å². The zero-order chi connectivity index (χ0) is 16.9. The van der Waals surface area contributed by atoms with Crippen molar-refractivity contribution in [2.24, 2.45) is 0 Å². The highest BCUT2D eigenvalue weighted by Crippen LogP contribution is 2.14. The first kappa shape index (κ1) is 16.0. The van der Waals surface area contributed by atoms with E-state index in [9.17, 15) is 0 Å². The zero-order valence-electron chi connectivity index (χ0n) is 14.3. The van der Waals surface area contributed by atoms with Crippen LogP contribution in [-0.2, 0) is 13.1 Å². The van der Waals surface area contributed by atoms with Gasteiger partial charge in [-0.3, -0.25) is 14.8 Å². The molecule has 25 heavy (non-hydrogen) atoms. The first-order valence-electron chi connectivity index (χ1n) is 8.79. The van der Waals surface area contributed by atoms with Crippen molar-refractivity contribution < 1.29 is 0 Å². The molecule has 0 bridgehead atoms. The fraction of sp³-hybridized carbons (Fsp3) is 0.300. The molecule has 0 saturated carbocycles. The molecule has 0 amide bonds.